The molecule has 102 valence electrons. The molecule has 0 spiro atoms. The Bertz CT molecular complexity index is 481. The number of nitrogens with one attached hydrogen (secondary N) is 1. The number of rotatable bonds is 7. The van der Waals surface area contributed by atoms with Crippen molar-refractivity contribution in [2.24, 2.45) is 0 Å². The molecule has 0 saturated carbocycles. The first kappa shape index (κ1) is 13.7. The molecule has 1 N–H and O–H groups in total. The fraction of sp³-hybridized carbons (Fsp3) is 0.467. The third-order valence-corrected chi connectivity index (χ3v) is 3.06. The minimum atomic E-state index is 0.481. The van der Waals surface area contributed by atoms with Crippen molar-refractivity contribution in [3.63, 3.8) is 0 Å². The lowest BCUT2D eigenvalue weighted by molar-refractivity contribution is 0.363. The average molecular weight is 259 g/mol. The summed E-state index contributed by atoms with van der Waals surface area (Å²) in [5.41, 5.74) is 1.20. The zero-order chi connectivity index (χ0) is 13.5. The molecule has 0 radical (unpaired) electrons. The summed E-state index contributed by atoms with van der Waals surface area (Å²) in [6, 6.07) is 10.7. The molecule has 0 bridgehead atoms. The van der Waals surface area contributed by atoms with E-state index >= 15 is 0 Å². The van der Waals surface area contributed by atoms with Crippen molar-refractivity contribution < 1.29 is 4.52 Å². The fourth-order valence-corrected chi connectivity index (χ4v) is 2.03. The standard InChI is InChI=1S/C15H21N3O/c1-3-16-12(2)9-10-15-17-14(18-19-15)11-13-7-5-4-6-8-13/h4-8,12,16H,3,9-11H2,1-2H3. The van der Waals surface area contributed by atoms with Crippen molar-refractivity contribution in [2.75, 3.05) is 6.54 Å². The molecule has 1 unspecified atom stereocenters. The van der Waals surface area contributed by atoms with Gasteiger partial charge in [-0.25, -0.2) is 0 Å². The van der Waals surface area contributed by atoms with Crippen LogP contribution < -0.4 is 5.32 Å². The topological polar surface area (TPSA) is 51.0 Å². The van der Waals surface area contributed by atoms with Crippen LogP contribution in [0.4, 0.5) is 0 Å². The number of aromatic nitrogens is 2. The summed E-state index contributed by atoms with van der Waals surface area (Å²) >= 11 is 0. The van der Waals surface area contributed by atoms with Crippen LogP contribution in [-0.4, -0.2) is 22.7 Å². The van der Waals surface area contributed by atoms with Gasteiger partial charge in [-0.3, -0.25) is 0 Å². The Morgan fingerprint density at radius 3 is 2.79 bits per heavy atom. The average Bonchev–Trinajstić information content (AvgIpc) is 2.86. The maximum atomic E-state index is 5.28. The first-order valence-electron chi connectivity index (χ1n) is 6.86. The van der Waals surface area contributed by atoms with Crippen LogP contribution in [0, 0.1) is 0 Å². The van der Waals surface area contributed by atoms with Crippen LogP contribution in [0.3, 0.4) is 0 Å². The van der Waals surface area contributed by atoms with Gasteiger partial charge in [-0.05, 0) is 25.5 Å². The number of hydrogen-bond donors (Lipinski definition) is 1. The molecule has 2 aromatic rings. The largest absolute Gasteiger partial charge is 0.339 e. The van der Waals surface area contributed by atoms with Gasteiger partial charge in [-0.15, -0.1) is 0 Å². The highest BCUT2D eigenvalue weighted by atomic mass is 16.5. The molecule has 0 aliphatic heterocycles. The molecule has 0 fully saturated rings. The Labute approximate surface area is 114 Å². The minimum Gasteiger partial charge on any atom is -0.339 e. The summed E-state index contributed by atoms with van der Waals surface area (Å²) in [5, 5.41) is 7.40. The van der Waals surface area contributed by atoms with E-state index in [1.54, 1.807) is 0 Å². The number of aryl methyl sites for hydroxylation is 1. The lowest BCUT2D eigenvalue weighted by Gasteiger charge is -2.09. The van der Waals surface area contributed by atoms with Crippen molar-refractivity contribution in [1.29, 1.82) is 0 Å². The predicted molar refractivity (Wildman–Crippen MR) is 75.0 cm³/mol. The molecule has 2 rings (SSSR count). The molecule has 1 atom stereocenters. The second kappa shape index (κ2) is 7.04. The summed E-state index contributed by atoms with van der Waals surface area (Å²) in [4.78, 5) is 4.43. The van der Waals surface area contributed by atoms with E-state index < -0.39 is 0 Å². The molecule has 0 aliphatic rings. The first-order chi connectivity index (χ1) is 9.28. The second-order valence-corrected chi connectivity index (χ2v) is 4.76. The van der Waals surface area contributed by atoms with E-state index in [9.17, 15) is 0 Å². The number of nitrogens with zero attached hydrogens (tertiary/aromatic N) is 2. The summed E-state index contributed by atoms with van der Waals surface area (Å²) in [5.74, 6) is 1.49. The molecule has 0 amide bonds. The predicted octanol–water partition coefficient (Wildman–Crippen LogP) is 2.59. The fourth-order valence-electron chi connectivity index (χ4n) is 2.03. The number of benzene rings is 1. The van der Waals surface area contributed by atoms with Crippen molar-refractivity contribution in [3.8, 4) is 0 Å². The lowest BCUT2D eigenvalue weighted by atomic mass is 10.1. The highest BCUT2D eigenvalue weighted by Crippen LogP contribution is 2.08. The van der Waals surface area contributed by atoms with Gasteiger partial charge in [0.05, 0.1) is 0 Å². The summed E-state index contributed by atoms with van der Waals surface area (Å²) in [7, 11) is 0. The minimum absolute atomic E-state index is 0.481. The van der Waals surface area contributed by atoms with Gasteiger partial charge in [0, 0.05) is 18.9 Å². The Morgan fingerprint density at radius 2 is 2.05 bits per heavy atom. The van der Waals surface area contributed by atoms with Crippen LogP contribution in [0.2, 0.25) is 0 Å². The van der Waals surface area contributed by atoms with Crippen LogP contribution in [-0.2, 0) is 12.8 Å². The van der Waals surface area contributed by atoms with Crippen LogP contribution in [0.15, 0.2) is 34.9 Å². The smallest absolute Gasteiger partial charge is 0.226 e. The van der Waals surface area contributed by atoms with Gasteiger partial charge < -0.3 is 9.84 Å². The molecular weight excluding hydrogens is 238 g/mol. The van der Waals surface area contributed by atoms with Gasteiger partial charge in [0.1, 0.15) is 0 Å². The van der Waals surface area contributed by atoms with E-state index in [0.717, 1.165) is 37.5 Å². The van der Waals surface area contributed by atoms with Crippen molar-refractivity contribution >= 4 is 0 Å². The van der Waals surface area contributed by atoms with Crippen LogP contribution in [0.25, 0.3) is 0 Å². The van der Waals surface area contributed by atoms with E-state index in [1.165, 1.54) is 5.56 Å². The second-order valence-electron chi connectivity index (χ2n) is 4.76. The van der Waals surface area contributed by atoms with Gasteiger partial charge in [0.2, 0.25) is 5.89 Å². The van der Waals surface area contributed by atoms with Gasteiger partial charge in [0.15, 0.2) is 5.82 Å². The Hall–Kier alpha value is -1.68. The molecule has 19 heavy (non-hydrogen) atoms. The highest BCUT2D eigenvalue weighted by molar-refractivity contribution is 5.18. The summed E-state index contributed by atoms with van der Waals surface area (Å²) in [6.45, 7) is 5.27. The van der Waals surface area contributed by atoms with Crippen LogP contribution in [0.5, 0.6) is 0 Å². The molecule has 4 heteroatoms. The van der Waals surface area contributed by atoms with Gasteiger partial charge in [-0.1, -0.05) is 42.4 Å². The molecule has 0 aliphatic carbocycles. The third kappa shape index (κ3) is 4.48. The Morgan fingerprint density at radius 1 is 1.26 bits per heavy atom. The molecule has 0 saturated heterocycles. The van der Waals surface area contributed by atoms with Crippen molar-refractivity contribution in [2.45, 2.75) is 39.2 Å². The lowest BCUT2D eigenvalue weighted by Crippen LogP contribution is -2.25. The maximum Gasteiger partial charge on any atom is 0.226 e. The van der Waals surface area contributed by atoms with Crippen LogP contribution in [0.1, 0.15) is 37.5 Å². The number of hydrogen-bond acceptors (Lipinski definition) is 4. The monoisotopic (exact) mass is 259 g/mol. The summed E-state index contributed by atoms with van der Waals surface area (Å²) < 4.78 is 5.28. The quantitative estimate of drug-likeness (QED) is 0.830. The third-order valence-electron chi connectivity index (χ3n) is 3.06. The van der Waals surface area contributed by atoms with Gasteiger partial charge in [-0.2, -0.15) is 4.98 Å². The molecule has 1 aromatic heterocycles. The molecule has 1 aromatic carbocycles. The van der Waals surface area contributed by atoms with Crippen LogP contribution >= 0.6 is 0 Å². The Kier molecular flexibility index (Phi) is 5.10. The van der Waals surface area contributed by atoms with E-state index in [1.807, 2.05) is 18.2 Å². The zero-order valence-corrected chi connectivity index (χ0v) is 11.6. The van der Waals surface area contributed by atoms with Gasteiger partial charge in [0.25, 0.3) is 0 Å². The van der Waals surface area contributed by atoms with E-state index in [0.29, 0.717) is 6.04 Å². The summed E-state index contributed by atoms with van der Waals surface area (Å²) in [6.07, 6.45) is 2.57. The maximum absolute atomic E-state index is 5.28. The van der Waals surface area contributed by atoms with Crippen molar-refractivity contribution in [1.82, 2.24) is 15.5 Å². The SMILES string of the molecule is CCNC(C)CCc1nc(Cc2ccccc2)no1. The van der Waals surface area contributed by atoms with Gasteiger partial charge >= 0.3 is 0 Å². The first-order valence-corrected chi connectivity index (χ1v) is 6.86. The molecule has 1 heterocycles. The normalized spacial score (nSPS) is 12.5. The molecular formula is C15H21N3O. The van der Waals surface area contributed by atoms with Crippen molar-refractivity contribution in [3.05, 3.63) is 47.6 Å². The van der Waals surface area contributed by atoms with E-state index in [4.69, 9.17) is 4.52 Å². The highest BCUT2D eigenvalue weighted by Gasteiger charge is 2.08. The Balaban J connectivity index is 1.85. The molecule has 4 nitrogen and oxygen atoms in total. The van der Waals surface area contributed by atoms with E-state index in [-0.39, 0.29) is 0 Å². The zero-order valence-electron chi connectivity index (χ0n) is 11.6. The van der Waals surface area contributed by atoms with E-state index in [2.05, 4.69) is 41.4 Å².